The normalized spacial score (nSPS) is 12.1. The molecule has 0 heterocycles. The summed E-state index contributed by atoms with van der Waals surface area (Å²) >= 11 is 0. The van der Waals surface area contributed by atoms with Crippen molar-refractivity contribution in [3.8, 4) is 11.5 Å². The average Bonchev–Trinajstić information content (AvgIpc) is 2.38. The zero-order chi connectivity index (χ0) is 15.1. The number of hydrogen-bond donors (Lipinski definition) is 4. The first kappa shape index (κ1) is 15.0. The Labute approximate surface area is 114 Å². The first-order valence-electron chi connectivity index (χ1n) is 5.45. The van der Waals surface area contributed by atoms with Gasteiger partial charge in [-0.3, -0.25) is 4.79 Å². The van der Waals surface area contributed by atoms with Crippen LogP contribution in [-0.4, -0.2) is 32.2 Å². The number of hydrogen-bond acceptors (Lipinski definition) is 5. The smallest absolute Gasteiger partial charge is 0.371 e. The second-order valence-corrected chi connectivity index (χ2v) is 3.70. The lowest BCUT2D eigenvalue weighted by Gasteiger charge is -1.97. The Morgan fingerprint density at radius 1 is 1.00 bits per heavy atom. The van der Waals surface area contributed by atoms with Gasteiger partial charge in [0.2, 0.25) is 5.76 Å². The SMILES string of the molecule is O=C(/C=C/C=C/c1ccc(O)c(O)c1)/C=C(/O)C(=O)O. The van der Waals surface area contributed by atoms with Crippen LogP contribution >= 0.6 is 0 Å². The molecule has 6 nitrogen and oxygen atoms in total. The van der Waals surface area contributed by atoms with E-state index in [1.54, 1.807) is 12.1 Å². The van der Waals surface area contributed by atoms with Crippen molar-refractivity contribution in [3.05, 3.63) is 53.8 Å². The summed E-state index contributed by atoms with van der Waals surface area (Å²) in [7, 11) is 0. The predicted octanol–water partition coefficient (Wildman–Crippen LogP) is 1.76. The zero-order valence-electron chi connectivity index (χ0n) is 10.2. The largest absolute Gasteiger partial charge is 0.504 e. The molecule has 0 bridgehead atoms. The summed E-state index contributed by atoms with van der Waals surface area (Å²) in [5, 5.41) is 35.5. The molecule has 0 spiro atoms. The van der Waals surface area contributed by atoms with Gasteiger partial charge < -0.3 is 20.4 Å². The molecule has 4 N–H and O–H groups in total. The number of carbonyl (C=O) groups excluding carboxylic acids is 1. The van der Waals surface area contributed by atoms with Crippen LogP contribution in [-0.2, 0) is 9.59 Å². The van der Waals surface area contributed by atoms with Gasteiger partial charge in [-0.15, -0.1) is 0 Å². The first-order chi connectivity index (χ1) is 9.40. The van der Waals surface area contributed by atoms with Gasteiger partial charge in [-0.2, -0.15) is 0 Å². The molecule has 1 aromatic rings. The van der Waals surface area contributed by atoms with E-state index in [4.69, 9.17) is 15.3 Å². The Balaban J connectivity index is 2.66. The third-order valence-corrected chi connectivity index (χ3v) is 2.16. The fourth-order valence-corrected chi connectivity index (χ4v) is 1.21. The molecule has 0 aliphatic carbocycles. The molecule has 0 unspecified atom stereocenters. The number of carbonyl (C=O) groups is 2. The van der Waals surface area contributed by atoms with Gasteiger partial charge in [-0.05, 0) is 23.8 Å². The summed E-state index contributed by atoms with van der Waals surface area (Å²) in [6.45, 7) is 0. The highest BCUT2D eigenvalue weighted by Gasteiger charge is 2.04. The van der Waals surface area contributed by atoms with Crippen molar-refractivity contribution in [1.29, 1.82) is 0 Å². The quantitative estimate of drug-likeness (QED) is 0.282. The molecule has 0 amide bonds. The number of rotatable bonds is 5. The molecule has 0 fully saturated rings. The van der Waals surface area contributed by atoms with Gasteiger partial charge in [-0.25, -0.2) is 4.79 Å². The van der Waals surface area contributed by atoms with Gasteiger partial charge in [0.05, 0.1) is 0 Å². The zero-order valence-corrected chi connectivity index (χ0v) is 10.2. The number of carboxylic acids is 1. The number of aliphatic hydroxyl groups is 1. The van der Waals surface area contributed by atoms with Crippen molar-refractivity contribution in [2.75, 3.05) is 0 Å². The highest BCUT2D eigenvalue weighted by Crippen LogP contribution is 2.25. The number of aromatic hydroxyl groups is 2. The van der Waals surface area contributed by atoms with Gasteiger partial charge in [-0.1, -0.05) is 24.3 Å². The molecule has 0 aliphatic rings. The Morgan fingerprint density at radius 2 is 1.70 bits per heavy atom. The molecule has 1 rings (SSSR count). The van der Waals surface area contributed by atoms with Gasteiger partial charge >= 0.3 is 5.97 Å². The maximum atomic E-state index is 11.2. The van der Waals surface area contributed by atoms with E-state index in [1.807, 2.05) is 0 Å². The highest BCUT2D eigenvalue weighted by atomic mass is 16.4. The van der Waals surface area contributed by atoms with Crippen molar-refractivity contribution >= 4 is 17.8 Å². The molecule has 0 aromatic heterocycles. The topological polar surface area (TPSA) is 115 Å². The Kier molecular flexibility index (Phi) is 5.11. The summed E-state index contributed by atoms with van der Waals surface area (Å²) in [6.07, 6.45) is 6.03. The van der Waals surface area contributed by atoms with Crippen molar-refractivity contribution in [2.45, 2.75) is 0 Å². The van der Waals surface area contributed by atoms with Crippen LogP contribution in [0.5, 0.6) is 11.5 Å². The van der Waals surface area contributed by atoms with Crippen molar-refractivity contribution in [1.82, 2.24) is 0 Å². The van der Waals surface area contributed by atoms with Crippen molar-refractivity contribution in [3.63, 3.8) is 0 Å². The first-order valence-corrected chi connectivity index (χ1v) is 5.45. The summed E-state index contributed by atoms with van der Waals surface area (Å²) in [5.74, 6) is -3.79. The number of carboxylic acid groups (broad SMARTS) is 1. The van der Waals surface area contributed by atoms with Crippen LogP contribution in [0.3, 0.4) is 0 Å². The van der Waals surface area contributed by atoms with E-state index in [-0.39, 0.29) is 11.5 Å². The average molecular weight is 276 g/mol. The number of benzene rings is 1. The number of phenols is 2. The Bertz CT molecular complexity index is 610. The third kappa shape index (κ3) is 4.69. The van der Waals surface area contributed by atoms with E-state index < -0.39 is 17.5 Å². The molecule has 0 saturated carbocycles. The second kappa shape index (κ2) is 6.79. The minimum atomic E-state index is -1.58. The van der Waals surface area contributed by atoms with E-state index in [0.717, 1.165) is 6.08 Å². The summed E-state index contributed by atoms with van der Waals surface area (Å²) in [5.41, 5.74) is 0.598. The minimum Gasteiger partial charge on any atom is -0.504 e. The Hall–Kier alpha value is -3.02. The maximum absolute atomic E-state index is 11.2. The van der Waals surface area contributed by atoms with Gasteiger partial charge in [0.1, 0.15) is 0 Å². The number of ketones is 1. The lowest BCUT2D eigenvalue weighted by molar-refractivity contribution is -0.135. The minimum absolute atomic E-state index is 0.234. The molecule has 20 heavy (non-hydrogen) atoms. The highest BCUT2D eigenvalue weighted by molar-refractivity contribution is 6.03. The van der Waals surface area contributed by atoms with Gasteiger partial charge in [0, 0.05) is 6.08 Å². The standard InChI is InChI=1S/C14H12O6/c15-10(8-13(18)14(19)20)4-2-1-3-9-5-6-11(16)12(17)7-9/h1-8,16-18H,(H,19,20)/b3-1+,4-2+,13-8+. The van der Waals surface area contributed by atoms with Crippen LogP contribution in [0.2, 0.25) is 0 Å². The fourth-order valence-electron chi connectivity index (χ4n) is 1.21. The molecule has 6 heteroatoms. The van der Waals surface area contributed by atoms with Crippen LogP contribution in [0.25, 0.3) is 6.08 Å². The molecule has 0 atom stereocenters. The van der Waals surface area contributed by atoms with Crippen LogP contribution in [0.1, 0.15) is 5.56 Å². The molecule has 0 saturated heterocycles. The molecule has 104 valence electrons. The van der Waals surface area contributed by atoms with Crippen LogP contribution < -0.4 is 0 Å². The van der Waals surface area contributed by atoms with E-state index >= 15 is 0 Å². The number of phenolic OH excluding ortho intramolecular Hbond substituents is 2. The van der Waals surface area contributed by atoms with Crippen molar-refractivity contribution in [2.24, 2.45) is 0 Å². The Morgan fingerprint density at radius 3 is 2.30 bits per heavy atom. The van der Waals surface area contributed by atoms with E-state index in [2.05, 4.69) is 0 Å². The lowest BCUT2D eigenvalue weighted by Crippen LogP contribution is -2.01. The molecule has 0 aliphatic heterocycles. The molecule has 1 aromatic carbocycles. The molecular formula is C14H12O6. The third-order valence-electron chi connectivity index (χ3n) is 2.16. The molecular weight excluding hydrogens is 264 g/mol. The van der Waals surface area contributed by atoms with Crippen LogP contribution in [0.15, 0.2) is 48.3 Å². The van der Waals surface area contributed by atoms with Crippen LogP contribution in [0, 0.1) is 0 Å². The number of allylic oxidation sites excluding steroid dienone is 4. The lowest BCUT2D eigenvalue weighted by atomic mass is 10.2. The predicted molar refractivity (Wildman–Crippen MR) is 71.3 cm³/mol. The number of aliphatic hydroxyl groups excluding tert-OH is 1. The monoisotopic (exact) mass is 276 g/mol. The number of aliphatic carboxylic acids is 1. The van der Waals surface area contributed by atoms with E-state index in [0.29, 0.717) is 11.6 Å². The van der Waals surface area contributed by atoms with E-state index in [1.165, 1.54) is 24.3 Å². The van der Waals surface area contributed by atoms with Gasteiger partial charge in [0.25, 0.3) is 0 Å². The van der Waals surface area contributed by atoms with E-state index in [9.17, 15) is 14.7 Å². The summed E-state index contributed by atoms with van der Waals surface area (Å²) in [4.78, 5) is 21.4. The summed E-state index contributed by atoms with van der Waals surface area (Å²) in [6, 6.07) is 4.20. The summed E-state index contributed by atoms with van der Waals surface area (Å²) < 4.78 is 0. The molecule has 0 radical (unpaired) electrons. The second-order valence-electron chi connectivity index (χ2n) is 3.70. The van der Waals surface area contributed by atoms with Crippen LogP contribution in [0.4, 0.5) is 0 Å². The maximum Gasteiger partial charge on any atom is 0.371 e. The van der Waals surface area contributed by atoms with Gasteiger partial charge in [0.15, 0.2) is 17.3 Å². The fraction of sp³-hybridized carbons (Fsp3) is 0. The van der Waals surface area contributed by atoms with Crippen molar-refractivity contribution < 1.29 is 30.0 Å².